The number of nitrogens with one attached hydrogen (secondary N) is 2. The van der Waals surface area contributed by atoms with Crippen molar-refractivity contribution in [3.63, 3.8) is 0 Å². The van der Waals surface area contributed by atoms with Crippen LogP contribution in [0.1, 0.15) is 34.5 Å². The van der Waals surface area contributed by atoms with Crippen LogP contribution in [0, 0.1) is 6.92 Å². The SMILES string of the molecule is CCOC(=O)C1=C(COC(=O)c2ccc(C)c(O)c2O)NC(=O)NC1c1ccccc1. The maximum Gasteiger partial charge on any atom is 0.342 e. The molecule has 0 radical (unpaired) electrons. The number of aryl methyl sites for hydroxylation is 1. The van der Waals surface area contributed by atoms with Crippen molar-refractivity contribution < 1.29 is 34.1 Å². The number of hydrogen-bond acceptors (Lipinski definition) is 7. The van der Waals surface area contributed by atoms with Gasteiger partial charge in [-0.1, -0.05) is 36.4 Å². The Bertz CT molecular complexity index is 1050. The number of phenols is 2. The van der Waals surface area contributed by atoms with Gasteiger partial charge in [-0.3, -0.25) is 0 Å². The minimum Gasteiger partial charge on any atom is -0.504 e. The Morgan fingerprint density at radius 3 is 2.39 bits per heavy atom. The van der Waals surface area contributed by atoms with E-state index in [1.807, 2.05) is 0 Å². The highest BCUT2D eigenvalue weighted by atomic mass is 16.5. The second-order valence-corrected chi connectivity index (χ2v) is 6.76. The molecule has 9 heteroatoms. The van der Waals surface area contributed by atoms with E-state index in [9.17, 15) is 24.6 Å². The average molecular weight is 426 g/mol. The van der Waals surface area contributed by atoms with Gasteiger partial charge in [0.15, 0.2) is 11.5 Å². The van der Waals surface area contributed by atoms with Gasteiger partial charge in [0.05, 0.1) is 23.9 Å². The van der Waals surface area contributed by atoms with E-state index in [0.717, 1.165) is 0 Å². The fourth-order valence-corrected chi connectivity index (χ4v) is 3.14. The number of phenolic OH excluding ortho intramolecular Hbond substituents is 2. The molecule has 1 unspecified atom stereocenters. The highest BCUT2D eigenvalue weighted by Crippen LogP contribution is 2.33. The fraction of sp³-hybridized carbons (Fsp3) is 0.227. The summed E-state index contributed by atoms with van der Waals surface area (Å²) in [6.07, 6.45) is 0. The molecular formula is C22H22N2O7. The standard InChI is InChI=1S/C22H22N2O7/c1-3-30-21(28)16-15(23-22(29)24-17(16)13-7-5-4-6-8-13)11-31-20(27)14-10-9-12(2)18(25)19(14)26/h4-10,17,25-26H,3,11H2,1-2H3,(H2,23,24,29). The van der Waals surface area contributed by atoms with Crippen LogP contribution in [0.5, 0.6) is 11.5 Å². The Kier molecular flexibility index (Phi) is 6.44. The lowest BCUT2D eigenvalue weighted by molar-refractivity contribution is -0.139. The van der Waals surface area contributed by atoms with Gasteiger partial charge in [0, 0.05) is 0 Å². The van der Waals surface area contributed by atoms with Gasteiger partial charge in [0.2, 0.25) is 0 Å². The molecule has 2 amide bonds. The van der Waals surface area contributed by atoms with Crippen LogP contribution < -0.4 is 10.6 Å². The maximum absolute atomic E-state index is 12.7. The third-order valence-corrected chi connectivity index (χ3v) is 4.70. The molecule has 0 saturated carbocycles. The first-order valence-electron chi connectivity index (χ1n) is 9.54. The van der Waals surface area contributed by atoms with E-state index in [4.69, 9.17) is 9.47 Å². The van der Waals surface area contributed by atoms with Crippen molar-refractivity contribution in [3.05, 3.63) is 70.4 Å². The van der Waals surface area contributed by atoms with Crippen LogP contribution in [0.25, 0.3) is 0 Å². The summed E-state index contributed by atoms with van der Waals surface area (Å²) in [5, 5.41) is 25.0. The number of rotatable bonds is 6. The lowest BCUT2D eigenvalue weighted by atomic mass is 9.95. The van der Waals surface area contributed by atoms with E-state index >= 15 is 0 Å². The molecule has 162 valence electrons. The van der Waals surface area contributed by atoms with Crippen molar-refractivity contribution in [2.24, 2.45) is 0 Å². The van der Waals surface area contributed by atoms with Gasteiger partial charge in [-0.2, -0.15) is 0 Å². The summed E-state index contributed by atoms with van der Waals surface area (Å²) in [4.78, 5) is 37.3. The van der Waals surface area contributed by atoms with Crippen molar-refractivity contribution in [1.29, 1.82) is 0 Å². The van der Waals surface area contributed by atoms with Gasteiger partial charge in [0.25, 0.3) is 0 Å². The van der Waals surface area contributed by atoms with Gasteiger partial charge >= 0.3 is 18.0 Å². The quantitative estimate of drug-likeness (QED) is 0.412. The smallest absolute Gasteiger partial charge is 0.342 e. The third kappa shape index (κ3) is 4.61. The van der Waals surface area contributed by atoms with Crippen LogP contribution in [-0.2, 0) is 14.3 Å². The number of hydrogen-bond donors (Lipinski definition) is 4. The molecule has 1 aliphatic rings. The number of amides is 2. The van der Waals surface area contributed by atoms with Crippen LogP contribution in [0.3, 0.4) is 0 Å². The summed E-state index contributed by atoms with van der Waals surface area (Å²) < 4.78 is 10.4. The van der Waals surface area contributed by atoms with Crippen LogP contribution >= 0.6 is 0 Å². The molecule has 9 nitrogen and oxygen atoms in total. The summed E-state index contributed by atoms with van der Waals surface area (Å²) in [6, 6.07) is 10.2. The van der Waals surface area contributed by atoms with E-state index in [2.05, 4.69) is 10.6 Å². The number of esters is 2. The molecule has 1 atom stereocenters. The zero-order valence-electron chi connectivity index (χ0n) is 17.0. The highest BCUT2D eigenvalue weighted by Gasteiger charge is 2.34. The highest BCUT2D eigenvalue weighted by molar-refractivity contribution is 5.96. The molecule has 0 aliphatic carbocycles. The largest absolute Gasteiger partial charge is 0.504 e. The molecule has 1 aliphatic heterocycles. The Morgan fingerprint density at radius 1 is 1.00 bits per heavy atom. The summed E-state index contributed by atoms with van der Waals surface area (Å²) in [6.45, 7) is 2.87. The van der Waals surface area contributed by atoms with Crippen molar-refractivity contribution >= 4 is 18.0 Å². The summed E-state index contributed by atoms with van der Waals surface area (Å²) in [5.41, 5.74) is 0.931. The van der Waals surface area contributed by atoms with Gasteiger partial charge in [-0.25, -0.2) is 14.4 Å². The van der Waals surface area contributed by atoms with Gasteiger partial charge in [-0.05, 0) is 31.0 Å². The van der Waals surface area contributed by atoms with Crippen molar-refractivity contribution in [2.45, 2.75) is 19.9 Å². The molecule has 4 N–H and O–H groups in total. The van der Waals surface area contributed by atoms with Crippen LogP contribution in [-0.4, -0.2) is 41.4 Å². The van der Waals surface area contributed by atoms with E-state index in [-0.39, 0.29) is 23.4 Å². The first-order valence-corrected chi connectivity index (χ1v) is 9.54. The minimum absolute atomic E-state index is 0.0558. The van der Waals surface area contributed by atoms with Crippen molar-refractivity contribution in [3.8, 4) is 11.5 Å². The van der Waals surface area contributed by atoms with Gasteiger partial charge in [0.1, 0.15) is 12.2 Å². The van der Waals surface area contributed by atoms with E-state index in [1.165, 1.54) is 12.1 Å². The first-order chi connectivity index (χ1) is 14.8. The minimum atomic E-state index is -0.937. The Balaban J connectivity index is 1.93. The summed E-state index contributed by atoms with van der Waals surface area (Å²) >= 11 is 0. The average Bonchev–Trinajstić information content (AvgIpc) is 2.76. The monoisotopic (exact) mass is 426 g/mol. The normalized spacial score (nSPS) is 15.7. The molecule has 3 rings (SSSR count). The molecular weight excluding hydrogens is 404 g/mol. The van der Waals surface area contributed by atoms with Crippen LogP contribution in [0.2, 0.25) is 0 Å². The second-order valence-electron chi connectivity index (χ2n) is 6.76. The fourth-order valence-electron chi connectivity index (χ4n) is 3.14. The van der Waals surface area contributed by atoms with E-state index in [0.29, 0.717) is 11.1 Å². The summed E-state index contributed by atoms with van der Waals surface area (Å²) in [5.74, 6) is -2.65. The zero-order valence-corrected chi connectivity index (χ0v) is 17.0. The number of urea groups is 1. The predicted molar refractivity (Wildman–Crippen MR) is 109 cm³/mol. The molecule has 0 spiro atoms. The lowest BCUT2D eigenvalue weighted by Gasteiger charge is -2.29. The topological polar surface area (TPSA) is 134 Å². The third-order valence-electron chi connectivity index (χ3n) is 4.70. The first kappa shape index (κ1) is 21.7. The second kappa shape index (κ2) is 9.21. The molecule has 0 bridgehead atoms. The zero-order chi connectivity index (χ0) is 22.5. The molecule has 31 heavy (non-hydrogen) atoms. The number of benzene rings is 2. The molecule has 1 heterocycles. The number of aromatic hydroxyl groups is 2. The molecule has 2 aromatic rings. The molecule has 0 saturated heterocycles. The number of ether oxygens (including phenoxy) is 2. The summed E-state index contributed by atoms with van der Waals surface area (Å²) in [7, 11) is 0. The number of carbonyl (C=O) groups is 3. The number of carbonyl (C=O) groups excluding carboxylic acids is 3. The van der Waals surface area contributed by atoms with Crippen molar-refractivity contribution in [2.75, 3.05) is 13.2 Å². The Labute approximate surface area is 178 Å². The van der Waals surface area contributed by atoms with Gasteiger partial charge in [-0.15, -0.1) is 0 Å². The molecule has 0 aromatic heterocycles. The van der Waals surface area contributed by atoms with Crippen LogP contribution in [0.4, 0.5) is 4.79 Å². The van der Waals surface area contributed by atoms with Gasteiger partial charge < -0.3 is 30.3 Å². The maximum atomic E-state index is 12.7. The Morgan fingerprint density at radius 2 is 1.71 bits per heavy atom. The predicted octanol–water partition coefficient (Wildman–Crippen LogP) is 2.43. The van der Waals surface area contributed by atoms with E-state index in [1.54, 1.807) is 44.2 Å². The molecule has 0 fully saturated rings. The lowest BCUT2D eigenvalue weighted by Crippen LogP contribution is -2.47. The van der Waals surface area contributed by atoms with E-state index < -0.39 is 42.1 Å². The Hall–Kier alpha value is -4.01. The van der Waals surface area contributed by atoms with Crippen LogP contribution in [0.15, 0.2) is 53.7 Å². The molecule has 2 aromatic carbocycles. The van der Waals surface area contributed by atoms with Crippen molar-refractivity contribution in [1.82, 2.24) is 10.6 Å².